The summed E-state index contributed by atoms with van der Waals surface area (Å²) < 4.78 is 217. The van der Waals surface area contributed by atoms with E-state index in [2.05, 4.69) is 18.8 Å². The zero-order valence-corrected chi connectivity index (χ0v) is 21.7. The molecule has 0 bridgehead atoms. The van der Waals surface area contributed by atoms with E-state index in [1.165, 1.54) is 0 Å². The van der Waals surface area contributed by atoms with E-state index >= 15 is 0 Å². The van der Waals surface area contributed by atoms with Crippen molar-refractivity contribution in [3.05, 3.63) is 0 Å². The molecule has 0 aliphatic heterocycles. The second-order valence-corrected chi connectivity index (χ2v) is 7.70. The van der Waals surface area contributed by atoms with Gasteiger partial charge in [-0.15, -0.1) is 0 Å². The van der Waals surface area contributed by atoms with Gasteiger partial charge in [-0.05, 0) is 0 Å². The normalized spacial score (nSPS) is 14.7. The molecule has 1 atom stereocenters. The average molecular weight is 662 g/mol. The van der Waals surface area contributed by atoms with Crippen LogP contribution in [0.4, 0.5) is 70.2 Å². The first kappa shape index (κ1) is 41.2. The van der Waals surface area contributed by atoms with Crippen molar-refractivity contribution >= 4 is 24.0 Å². The third-order valence-corrected chi connectivity index (χ3v) is 4.90. The Balaban J connectivity index is 0. The fourth-order valence-electron chi connectivity index (χ4n) is 1.99. The quantitative estimate of drug-likeness (QED) is 0.0438. The predicted octanol–water partition coefficient (Wildman–Crippen LogP) is 1.30. The number of carbonyl (C=O) groups is 2. The molecule has 7 nitrogen and oxygen atoms in total. The molecule has 25 heteroatoms. The van der Waals surface area contributed by atoms with Gasteiger partial charge >= 0.3 is 89.9 Å². The van der Waals surface area contributed by atoms with Crippen molar-refractivity contribution in [1.82, 2.24) is 0 Å². The Hall–Kier alpha value is -0.950. The van der Waals surface area contributed by atoms with Crippen LogP contribution in [-0.2, 0) is 28.4 Å². The second kappa shape index (κ2) is 15.0. The summed E-state index contributed by atoms with van der Waals surface area (Å²) in [6, 6.07) is 0. The summed E-state index contributed by atoms with van der Waals surface area (Å²) in [7, 11) is 0. The molecule has 0 heterocycles. The molecule has 0 saturated carbocycles. The van der Waals surface area contributed by atoms with Gasteiger partial charge in [-0.3, -0.25) is 14.6 Å². The van der Waals surface area contributed by atoms with Crippen molar-refractivity contribution in [1.29, 1.82) is 0 Å². The first-order valence-electron chi connectivity index (χ1n) is 9.07. The molecule has 0 radical (unpaired) electrons. The van der Waals surface area contributed by atoms with E-state index in [0.29, 0.717) is 0 Å². The van der Waals surface area contributed by atoms with E-state index in [1.54, 1.807) is 0 Å². The molecule has 0 spiro atoms. The van der Waals surface area contributed by atoms with Crippen LogP contribution in [0.25, 0.3) is 0 Å². The molecule has 0 aromatic heterocycles. The Morgan fingerprint density at radius 2 is 1.07 bits per heavy atom. The SMILES string of the molecule is O=C(CC(CSOO[O-])C(=O)OCC(F)(F)C(F)(F)C(F)(F)C(F)F)OCC(F)(F)C(F)(F)C(F)(F)C(F)F.[Na+]. The van der Waals surface area contributed by atoms with Crippen LogP contribution in [-0.4, -0.2) is 79.3 Å². The predicted molar refractivity (Wildman–Crippen MR) is 86.3 cm³/mol. The van der Waals surface area contributed by atoms with Crippen molar-refractivity contribution in [2.45, 2.75) is 54.8 Å². The molecule has 40 heavy (non-hydrogen) atoms. The van der Waals surface area contributed by atoms with Gasteiger partial charge in [-0.25, -0.2) is 17.6 Å². The van der Waals surface area contributed by atoms with E-state index in [4.69, 9.17) is 0 Å². The molecule has 1 unspecified atom stereocenters. The minimum atomic E-state index is -6.85. The van der Waals surface area contributed by atoms with Crippen molar-refractivity contribution in [3.63, 3.8) is 0 Å². The van der Waals surface area contributed by atoms with E-state index in [-0.39, 0.29) is 41.6 Å². The molecule has 0 saturated heterocycles. The summed E-state index contributed by atoms with van der Waals surface area (Å²) in [6.45, 7) is -6.13. The van der Waals surface area contributed by atoms with Crippen LogP contribution in [0.2, 0.25) is 0 Å². The summed E-state index contributed by atoms with van der Waals surface area (Å²) in [5.41, 5.74) is 0. The van der Waals surface area contributed by atoms with Crippen molar-refractivity contribution < 1.29 is 133 Å². The van der Waals surface area contributed by atoms with Gasteiger partial charge in [0.1, 0.15) is 0 Å². The summed E-state index contributed by atoms with van der Waals surface area (Å²) in [5.74, 6) is -47.8. The summed E-state index contributed by atoms with van der Waals surface area (Å²) in [4.78, 5) is 23.4. The van der Waals surface area contributed by atoms with Gasteiger partial charge in [0.05, 0.1) is 12.3 Å². The summed E-state index contributed by atoms with van der Waals surface area (Å²) in [6.07, 6.45) is -12.5. The molecule has 0 N–H and O–H groups in total. The fraction of sp³-hybridized carbons (Fsp3) is 0.867. The molecule has 0 aromatic carbocycles. The van der Waals surface area contributed by atoms with Gasteiger partial charge in [-0.2, -0.15) is 57.0 Å². The van der Waals surface area contributed by atoms with Crippen LogP contribution in [0.5, 0.6) is 0 Å². The van der Waals surface area contributed by atoms with Gasteiger partial charge in [0.2, 0.25) is 0 Å². The average Bonchev–Trinajstić information content (AvgIpc) is 2.79. The molecule has 0 fully saturated rings. The second-order valence-electron chi connectivity index (χ2n) is 7.00. The number of carbonyl (C=O) groups excluding carboxylic acids is 2. The molecule has 0 aromatic rings. The minimum Gasteiger partial charge on any atom is -0.691 e. The maximum atomic E-state index is 13.5. The zero-order chi connectivity index (χ0) is 31.3. The molecule has 0 amide bonds. The van der Waals surface area contributed by atoms with Crippen LogP contribution < -0.4 is 34.8 Å². The third-order valence-electron chi connectivity index (χ3n) is 4.21. The smallest absolute Gasteiger partial charge is 0.691 e. The number of rotatable bonds is 17. The standard InChI is InChI=1S/C15H12F16O7S.Na/c16-8(17)12(24,25)14(28,29)10(20,21)3-35-6(32)1-5(2-39-38-37-34)7(33)36-4-11(22,23)15(30,31)13(26,27)9(18)19;/h5,8-9,34H,1-4H2;/q;+1/p-1. The Bertz CT molecular complexity index is 832. The van der Waals surface area contributed by atoms with Gasteiger partial charge in [-0.1, -0.05) is 0 Å². The van der Waals surface area contributed by atoms with Crippen molar-refractivity contribution in [3.8, 4) is 0 Å². The Morgan fingerprint density at radius 1 is 0.700 bits per heavy atom. The molecule has 232 valence electrons. The number of hydrogen-bond acceptors (Lipinski definition) is 8. The van der Waals surface area contributed by atoms with Crippen LogP contribution in [0, 0.1) is 5.92 Å². The molecule has 0 aliphatic carbocycles. The number of halogens is 16. The summed E-state index contributed by atoms with van der Waals surface area (Å²) >= 11 is -0.336. The van der Waals surface area contributed by atoms with Gasteiger partial charge in [0.15, 0.2) is 13.2 Å². The maximum absolute atomic E-state index is 13.5. The molecular weight excluding hydrogens is 651 g/mol. The van der Waals surface area contributed by atoms with Crippen molar-refractivity contribution in [2.75, 3.05) is 19.0 Å². The summed E-state index contributed by atoms with van der Waals surface area (Å²) in [5, 5.41) is 12.5. The monoisotopic (exact) mass is 662 g/mol. The van der Waals surface area contributed by atoms with Gasteiger partial charge in [0, 0.05) is 17.8 Å². The third kappa shape index (κ3) is 9.28. The van der Waals surface area contributed by atoms with Crippen LogP contribution in [0.15, 0.2) is 0 Å². The number of esters is 2. The van der Waals surface area contributed by atoms with Crippen LogP contribution >= 0.6 is 12.0 Å². The topological polar surface area (TPSA) is 94.1 Å². The van der Waals surface area contributed by atoms with Crippen LogP contribution in [0.3, 0.4) is 0 Å². The molecule has 0 rings (SSSR count). The van der Waals surface area contributed by atoms with E-state index in [0.717, 1.165) is 0 Å². The van der Waals surface area contributed by atoms with Crippen molar-refractivity contribution in [2.24, 2.45) is 5.92 Å². The van der Waals surface area contributed by atoms with E-state index in [1.807, 2.05) is 0 Å². The van der Waals surface area contributed by atoms with Crippen LogP contribution in [0.1, 0.15) is 6.42 Å². The largest absolute Gasteiger partial charge is 1.00 e. The minimum absolute atomic E-state index is 0. The Labute approximate surface area is 237 Å². The van der Waals surface area contributed by atoms with Gasteiger partial charge in [0.25, 0.3) is 0 Å². The Kier molecular flexibility index (Phi) is 15.4. The fourth-order valence-corrected chi connectivity index (χ4v) is 2.51. The molecule has 0 aliphatic rings. The Morgan fingerprint density at radius 3 is 1.43 bits per heavy atom. The van der Waals surface area contributed by atoms with Gasteiger partial charge < -0.3 is 14.7 Å². The zero-order valence-electron chi connectivity index (χ0n) is 18.9. The number of hydrogen-bond donors (Lipinski definition) is 0. The van der Waals surface area contributed by atoms with E-state index < -0.39 is 91.6 Å². The maximum Gasteiger partial charge on any atom is 1.00 e. The first-order chi connectivity index (χ1) is 17.3. The number of ether oxygens (including phenoxy) is 2. The van der Waals surface area contributed by atoms with E-state index in [9.17, 15) is 85.1 Å². The molecular formula is C15H11F16NaO7S. The first-order valence-corrected chi connectivity index (χ1v) is 9.98. The number of alkyl halides is 16.